The van der Waals surface area contributed by atoms with Gasteiger partial charge in [0.2, 0.25) is 5.95 Å². The van der Waals surface area contributed by atoms with E-state index < -0.39 is 88.5 Å². The third-order valence-corrected chi connectivity index (χ3v) is 11.2. The standard InChI is InChI=1S/C23H28N10O12P2/c1-40-14-10-4-42-47(38,39)44-13-8(9-2-23(9,16(13)34)33-7-29-11-17(24)26-5-27-18(11)33)3-41-46(36,37)45-15(14)21(43-10)32-6-28-12-19(32)30-22(25)31-20(12)35/h5-10,13-16,21,34H,2-4H2,1H3,(H,36,37)(H,38,39)(H2,24,26,27)(H3,25,30,31,35)/t8-,9-,10+,13+,14+,15+,16+,21+,23-/m0/s1. The van der Waals surface area contributed by atoms with E-state index in [1.54, 1.807) is 4.57 Å². The molecule has 4 fully saturated rings. The summed E-state index contributed by atoms with van der Waals surface area (Å²) in [6, 6.07) is 0. The molecule has 2 unspecified atom stereocenters. The molecule has 24 heteroatoms. The quantitative estimate of drug-likeness (QED) is 0.136. The van der Waals surface area contributed by atoms with Crippen LogP contribution < -0.4 is 17.0 Å². The molecule has 2 aliphatic heterocycles. The summed E-state index contributed by atoms with van der Waals surface area (Å²) in [4.78, 5) is 57.2. The van der Waals surface area contributed by atoms with E-state index in [0.29, 0.717) is 12.1 Å². The Labute approximate surface area is 262 Å². The number of nitrogens with one attached hydrogen (secondary N) is 1. The number of hydrogen-bond acceptors (Lipinski definition) is 17. The molecule has 0 aromatic carbocycles. The monoisotopic (exact) mass is 698 g/mol. The maximum atomic E-state index is 13.5. The van der Waals surface area contributed by atoms with Gasteiger partial charge in [-0.25, -0.2) is 29.1 Å². The first-order valence-electron chi connectivity index (χ1n) is 14.2. The smallest absolute Gasteiger partial charge is 0.388 e. The van der Waals surface area contributed by atoms with Crippen molar-refractivity contribution in [2.45, 2.75) is 48.7 Å². The van der Waals surface area contributed by atoms with Gasteiger partial charge in [0.25, 0.3) is 5.56 Å². The summed E-state index contributed by atoms with van der Waals surface area (Å²) in [6.45, 7) is -1.18. The van der Waals surface area contributed by atoms with Gasteiger partial charge in [-0.15, -0.1) is 0 Å². The second kappa shape index (κ2) is 10.5. The molecule has 2 saturated heterocycles. The molecule has 2 aliphatic carbocycles. The molecular formula is C23H28N10O12P2. The Morgan fingerprint density at radius 2 is 1.74 bits per heavy atom. The lowest BCUT2D eigenvalue weighted by Gasteiger charge is -2.30. The zero-order valence-corrected chi connectivity index (χ0v) is 26.0. The van der Waals surface area contributed by atoms with Crippen molar-refractivity contribution < 1.29 is 51.6 Å². The zero-order valence-electron chi connectivity index (χ0n) is 24.2. The largest absolute Gasteiger partial charge is 0.472 e. The van der Waals surface area contributed by atoms with Crippen LogP contribution in [0.1, 0.15) is 12.6 Å². The summed E-state index contributed by atoms with van der Waals surface area (Å²) in [5.74, 6) is -1.52. The Morgan fingerprint density at radius 3 is 2.51 bits per heavy atom. The summed E-state index contributed by atoms with van der Waals surface area (Å²) in [7, 11) is -8.67. The Morgan fingerprint density at radius 1 is 1.02 bits per heavy atom. The van der Waals surface area contributed by atoms with E-state index in [4.69, 9.17) is 39.0 Å². The highest BCUT2D eigenvalue weighted by molar-refractivity contribution is 7.47. The van der Waals surface area contributed by atoms with Gasteiger partial charge in [0, 0.05) is 13.0 Å². The van der Waals surface area contributed by atoms with E-state index in [2.05, 4.69) is 29.9 Å². The average molecular weight is 698 g/mol. The molecule has 4 aromatic heterocycles. The number of aromatic nitrogens is 8. The topological polar surface area (TPSA) is 309 Å². The fourth-order valence-corrected chi connectivity index (χ4v) is 9.06. The van der Waals surface area contributed by atoms with Gasteiger partial charge < -0.3 is 40.4 Å². The fourth-order valence-electron chi connectivity index (χ4n) is 7.14. The van der Waals surface area contributed by atoms with Gasteiger partial charge in [0.05, 0.1) is 31.4 Å². The summed E-state index contributed by atoms with van der Waals surface area (Å²) in [5, 5.41) is 11.6. The second-order valence-electron chi connectivity index (χ2n) is 11.7. The van der Waals surface area contributed by atoms with E-state index in [0.717, 1.165) is 0 Å². The zero-order chi connectivity index (χ0) is 33.0. The minimum absolute atomic E-state index is 0.0425. The van der Waals surface area contributed by atoms with E-state index in [1.807, 2.05) is 0 Å². The number of rotatable bonds is 3. The van der Waals surface area contributed by atoms with Gasteiger partial charge in [0.15, 0.2) is 28.9 Å². The maximum absolute atomic E-state index is 13.5. The van der Waals surface area contributed by atoms with Gasteiger partial charge >= 0.3 is 15.6 Å². The Bertz CT molecular complexity index is 2060. The molecule has 22 nitrogen and oxygen atoms in total. The number of hydrogen-bond donors (Lipinski definition) is 6. The maximum Gasteiger partial charge on any atom is 0.472 e. The van der Waals surface area contributed by atoms with E-state index in [1.165, 1.54) is 30.7 Å². The lowest BCUT2D eigenvalue weighted by atomic mass is 10.0. The number of anilines is 2. The number of aromatic amines is 1. The number of imidazole rings is 2. The molecule has 252 valence electrons. The molecule has 2 bridgehead atoms. The normalized spacial score (nSPS) is 40.4. The number of methoxy groups -OCH3 is 1. The molecule has 0 spiro atoms. The number of aliphatic hydroxyl groups excluding tert-OH is 1. The highest BCUT2D eigenvalue weighted by atomic mass is 31.2. The number of fused-ring (bicyclic) bond motifs is 7. The first-order valence-corrected chi connectivity index (χ1v) is 17.2. The first kappa shape index (κ1) is 30.9. The number of nitrogens with zero attached hydrogens (tertiary/aromatic N) is 7. The predicted molar refractivity (Wildman–Crippen MR) is 154 cm³/mol. The van der Waals surface area contributed by atoms with Crippen LogP contribution in [0.25, 0.3) is 22.3 Å². The number of H-pyrrole nitrogens is 1. The van der Waals surface area contributed by atoms with Crippen molar-refractivity contribution >= 4 is 49.7 Å². The number of ether oxygens (including phenoxy) is 2. The summed E-state index contributed by atoms with van der Waals surface area (Å²) >= 11 is 0. The first-order chi connectivity index (χ1) is 22.3. The molecule has 11 atom stereocenters. The SMILES string of the molecule is CO[C@H]1[C@H]2OP(=O)(O)OC[C@@H]3[C@@H](OP(=O)(O)OC[C@H]1O[C@H]2n1cnc2c(=O)[nH]c(N)nc21)[C@@H](O)[C@]1(n2cnc4c(N)ncnc42)C[C@@H]31. The van der Waals surface area contributed by atoms with Crippen LogP contribution in [0.3, 0.4) is 0 Å². The summed E-state index contributed by atoms with van der Waals surface area (Å²) < 4.78 is 63.3. The number of aliphatic hydroxyl groups is 1. The molecule has 4 aromatic rings. The molecule has 6 heterocycles. The van der Waals surface area contributed by atoms with Crippen molar-refractivity contribution in [1.29, 1.82) is 0 Å². The van der Waals surface area contributed by atoms with Crippen LogP contribution in [0, 0.1) is 11.8 Å². The Balaban J connectivity index is 1.15. The Kier molecular flexibility index (Phi) is 6.94. The Hall–Kier alpha value is -3.40. The fraction of sp³-hybridized carbons (Fsp3) is 0.565. The van der Waals surface area contributed by atoms with Crippen molar-refractivity contribution in [3.63, 3.8) is 0 Å². The number of phosphoric acid groups is 2. The number of nitrogen functional groups attached to an aromatic ring is 2. The van der Waals surface area contributed by atoms with Crippen LogP contribution >= 0.6 is 15.6 Å². The third-order valence-electron chi connectivity index (χ3n) is 9.23. The van der Waals surface area contributed by atoms with Crippen LogP contribution in [0.4, 0.5) is 11.8 Å². The molecule has 0 radical (unpaired) electrons. The van der Waals surface area contributed by atoms with E-state index in [9.17, 15) is 28.8 Å². The van der Waals surface area contributed by atoms with Crippen molar-refractivity contribution in [3.05, 3.63) is 29.3 Å². The van der Waals surface area contributed by atoms with Crippen LogP contribution in [0.2, 0.25) is 0 Å². The van der Waals surface area contributed by atoms with E-state index in [-0.39, 0.29) is 28.4 Å². The van der Waals surface area contributed by atoms with Crippen molar-refractivity contribution in [2.24, 2.45) is 11.8 Å². The van der Waals surface area contributed by atoms with Crippen LogP contribution in [-0.2, 0) is 42.2 Å². The molecule has 0 amide bonds. The average Bonchev–Trinajstić information content (AvgIpc) is 3.30. The van der Waals surface area contributed by atoms with Gasteiger partial charge in [0.1, 0.15) is 42.4 Å². The lowest BCUT2D eigenvalue weighted by molar-refractivity contribution is -0.0665. The minimum atomic E-state index is -4.98. The van der Waals surface area contributed by atoms with Crippen molar-refractivity contribution in [1.82, 2.24) is 39.0 Å². The predicted octanol–water partition coefficient (Wildman–Crippen LogP) is -1.24. The van der Waals surface area contributed by atoms with Crippen molar-refractivity contribution in [3.8, 4) is 0 Å². The van der Waals surface area contributed by atoms with Gasteiger partial charge in [-0.2, -0.15) is 4.98 Å². The number of phosphoric ester groups is 2. The highest BCUT2D eigenvalue weighted by Gasteiger charge is 2.74. The lowest BCUT2D eigenvalue weighted by Crippen LogP contribution is -2.40. The molecular weight excluding hydrogens is 670 g/mol. The molecule has 8 rings (SSSR count). The molecule has 47 heavy (non-hydrogen) atoms. The van der Waals surface area contributed by atoms with Crippen LogP contribution in [0.15, 0.2) is 23.8 Å². The summed E-state index contributed by atoms with van der Waals surface area (Å²) in [5.41, 5.74) is 10.3. The summed E-state index contributed by atoms with van der Waals surface area (Å²) in [6.07, 6.45) is -3.85. The van der Waals surface area contributed by atoms with Gasteiger partial charge in [-0.3, -0.25) is 32.4 Å². The minimum Gasteiger partial charge on any atom is -0.388 e. The van der Waals surface area contributed by atoms with Gasteiger partial charge in [-0.1, -0.05) is 0 Å². The van der Waals surface area contributed by atoms with E-state index >= 15 is 0 Å². The molecule has 2 saturated carbocycles. The molecule has 4 aliphatic rings. The third kappa shape index (κ3) is 4.75. The van der Waals surface area contributed by atoms with Crippen molar-refractivity contribution in [2.75, 3.05) is 31.8 Å². The van der Waals surface area contributed by atoms with Crippen LogP contribution in [-0.4, -0.2) is 105 Å². The second-order valence-corrected chi connectivity index (χ2v) is 14.5. The molecule has 8 N–H and O–H groups in total. The number of nitrogens with two attached hydrogens (primary N) is 2. The van der Waals surface area contributed by atoms with Gasteiger partial charge in [-0.05, 0) is 12.3 Å². The highest BCUT2D eigenvalue weighted by Crippen LogP contribution is 2.68. The van der Waals surface area contributed by atoms with Crippen LogP contribution in [0.5, 0.6) is 0 Å².